The van der Waals surface area contributed by atoms with Crippen molar-refractivity contribution in [2.24, 2.45) is 0 Å². The van der Waals surface area contributed by atoms with Gasteiger partial charge in [-0.3, -0.25) is 4.79 Å². The van der Waals surface area contributed by atoms with Gasteiger partial charge in [-0.15, -0.1) is 0 Å². The summed E-state index contributed by atoms with van der Waals surface area (Å²) in [5.74, 6) is 0.147. The first-order valence-corrected chi connectivity index (χ1v) is 7.54. The Bertz CT molecular complexity index is 399. The topological polar surface area (TPSA) is 44.4 Å². The van der Waals surface area contributed by atoms with E-state index in [0.29, 0.717) is 6.54 Å². The van der Waals surface area contributed by atoms with Crippen LogP contribution >= 0.6 is 0 Å². The number of nitrogens with one attached hydrogen (secondary N) is 2. The molecule has 1 unspecified atom stereocenters. The van der Waals surface area contributed by atoms with E-state index in [1.165, 1.54) is 18.5 Å². The zero-order valence-corrected chi connectivity index (χ0v) is 12.3. The molecular formula is C16H25N3O. The van der Waals surface area contributed by atoms with Crippen LogP contribution in [0.25, 0.3) is 0 Å². The molecule has 0 aliphatic carbocycles. The fraction of sp³-hybridized carbons (Fsp3) is 0.562. The minimum atomic E-state index is -0.000434. The molecule has 0 saturated carbocycles. The summed E-state index contributed by atoms with van der Waals surface area (Å²) in [6, 6.07) is 10.2. The molecule has 2 N–H and O–H groups in total. The van der Waals surface area contributed by atoms with E-state index in [2.05, 4.69) is 27.7 Å². The first-order valence-electron chi connectivity index (χ1n) is 7.54. The minimum Gasteiger partial charge on any atom is -0.373 e. The van der Waals surface area contributed by atoms with E-state index in [-0.39, 0.29) is 11.9 Å². The molecule has 1 saturated heterocycles. The second-order valence-electron chi connectivity index (χ2n) is 5.40. The van der Waals surface area contributed by atoms with Crippen molar-refractivity contribution < 1.29 is 4.79 Å². The first kappa shape index (κ1) is 14.9. The molecule has 0 spiro atoms. The second-order valence-corrected chi connectivity index (χ2v) is 5.40. The normalized spacial score (nSPS) is 19.1. The average Bonchev–Trinajstić information content (AvgIpc) is 2.77. The van der Waals surface area contributed by atoms with Crippen molar-refractivity contribution in [3.63, 3.8) is 0 Å². The average molecular weight is 275 g/mol. The molecule has 1 aromatic rings. The van der Waals surface area contributed by atoms with Gasteiger partial charge in [0, 0.05) is 25.8 Å². The lowest BCUT2D eigenvalue weighted by molar-refractivity contribution is -0.123. The van der Waals surface area contributed by atoms with Crippen LogP contribution in [0.5, 0.6) is 0 Å². The second kappa shape index (κ2) is 7.90. The monoisotopic (exact) mass is 275 g/mol. The number of rotatable bonds is 5. The number of carbonyl (C=O) groups excluding carboxylic acids is 1. The van der Waals surface area contributed by atoms with Gasteiger partial charge in [0.2, 0.25) is 5.91 Å². The smallest absolute Gasteiger partial charge is 0.237 e. The van der Waals surface area contributed by atoms with E-state index >= 15 is 0 Å². The van der Waals surface area contributed by atoms with Gasteiger partial charge in [-0.1, -0.05) is 31.0 Å². The number of para-hydroxylation sites is 1. The molecule has 1 aliphatic heterocycles. The Morgan fingerprint density at radius 3 is 2.90 bits per heavy atom. The lowest BCUT2D eigenvalue weighted by Gasteiger charge is -2.21. The van der Waals surface area contributed by atoms with Crippen molar-refractivity contribution in [3.05, 3.63) is 30.3 Å². The van der Waals surface area contributed by atoms with Crippen LogP contribution in [0.3, 0.4) is 0 Å². The summed E-state index contributed by atoms with van der Waals surface area (Å²) in [6.45, 7) is 2.47. The van der Waals surface area contributed by atoms with Crippen molar-refractivity contribution in [3.8, 4) is 0 Å². The molecule has 20 heavy (non-hydrogen) atoms. The lowest BCUT2D eigenvalue weighted by atomic mass is 10.1. The van der Waals surface area contributed by atoms with Crippen LogP contribution in [0.2, 0.25) is 0 Å². The van der Waals surface area contributed by atoms with E-state index in [1.54, 1.807) is 0 Å². The molecule has 0 aromatic heterocycles. The fourth-order valence-corrected chi connectivity index (χ4v) is 2.53. The van der Waals surface area contributed by atoms with E-state index in [9.17, 15) is 4.79 Å². The van der Waals surface area contributed by atoms with Crippen LogP contribution in [-0.2, 0) is 4.79 Å². The van der Waals surface area contributed by atoms with Gasteiger partial charge in [0.05, 0.1) is 6.04 Å². The Morgan fingerprint density at radius 1 is 1.30 bits per heavy atom. The predicted octanol–water partition coefficient (Wildman–Crippen LogP) is 1.77. The SMILES string of the molecule is CN(CCNC(=O)C1CCCCCN1)c1ccccc1. The molecular weight excluding hydrogens is 250 g/mol. The van der Waals surface area contributed by atoms with Crippen molar-refractivity contribution in [2.75, 3.05) is 31.6 Å². The van der Waals surface area contributed by atoms with Crippen LogP contribution in [0.15, 0.2) is 30.3 Å². The first-order chi connectivity index (χ1) is 9.77. The molecule has 4 nitrogen and oxygen atoms in total. The van der Waals surface area contributed by atoms with E-state index < -0.39 is 0 Å². The summed E-state index contributed by atoms with van der Waals surface area (Å²) in [5, 5.41) is 6.36. The quantitative estimate of drug-likeness (QED) is 0.861. The highest BCUT2D eigenvalue weighted by molar-refractivity contribution is 5.81. The molecule has 1 amide bonds. The third kappa shape index (κ3) is 4.53. The van der Waals surface area contributed by atoms with Crippen LogP contribution < -0.4 is 15.5 Å². The number of anilines is 1. The maximum Gasteiger partial charge on any atom is 0.237 e. The van der Waals surface area contributed by atoms with Gasteiger partial charge in [-0.05, 0) is 31.5 Å². The molecule has 0 bridgehead atoms. The minimum absolute atomic E-state index is 0.000434. The van der Waals surface area contributed by atoms with Crippen molar-refractivity contribution in [1.29, 1.82) is 0 Å². The fourth-order valence-electron chi connectivity index (χ4n) is 2.53. The van der Waals surface area contributed by atoms with E-state index in [4.69, 9.17) is 0 Å². The third-order valence-electron chi connectivity index (χ3n) is 3.82. The number of amides is 1. The van der Waals surface area contributed by atoms with Gasteiger partial charge in [0.15, 0.2) is 0 Å². The predicted molar refractivity (Wildman–Crippen MR) is 83.0 cm³/mol. The van der Waals surface area contributed by atoms with E-state index in [1.807, 2.05) is 25.2 Å². The van der Waals surface area contributed by atoms with Gasteiger partial charge in [0.1, 0.15) is 0 Å². The summed E-state index contributed by atoms with van der Waals surface area (Å²) in [6.07, 6.45) is 4.52. The van der Waals surface area contributed by atoms with Gasteiger partial charge in [-0.25, -0.2) is 0 Å². The van der Waals surface area contributed by atoms with Crippen LogP contribution in [0.1, 0.15) is 25.7 Å². The van der Waals surface area contributed by atoms with Gasteiger partial charge in [0.25, 0.3) is 0 Å². The number of nitrogens with zero attached hydrogens (tertiary/aromatic N) is 1. The number of carbonyl (C=O) groups is 1. The molecule has 0 radical (unpaired) electrons. The lowest BCUT2D eigenvalue weighted by Crippen LogP contribution is -2.45. The highest BCUT2D eigenvalue weighted by Gasteiger charge is 2.18. The number of hydrogen-bond acceptors (Lipinski definition) is 3. The van der Waals surface area contributed by atoms with Crippen molar-refractivity contribution in [1.82, 2.24) is 10.6 Å². The van der Waals surface area contributed by atoms with Crippen LogP contribution in [-0.4, -0.2) is 38.6 Å². The Morgan fingerprint density at radius 2 is 2.10 bits per heavy atom. The van der Waals surface area contributed by atoms with Gasteiger partial charge in [-0.2, -0.15) is 0 Å². The molecule has 1 aromatic carbocycles. The van der Waals surface area contributed by atoms with Crippen LogP contribution in [0.4, 0.5) is 5.69 Å². The molecule has 4 heteroatoms. The Balaban J connectivity index is 1.71. The number of hydrogen-bond donors (Lipinski definition) is 2. The highest BCUT2D eigenvalue weighted by Crippen LogP contribution is 2.10. The molecule has 2 rings (SSSR count). The molecule has 1 fully saturated rings. The largest absolute Gasteiger partial charge is 0.373 e. The van der Waals surface area contributed by atoms with Gasteiger partial charge < -0.3 is 15.5 Å². The number of likely N-dealkylation sites (N-methyl/N-ethyl adjacent to an activating group) is 1. The Kier molecular flexibility index (Phi) is 5.87. The zero-order valence-electron chi connectivity index (χ0n) is 12.3. The maximum absolute atomic E-state index is 12.1. The van der Waals surface area contributed by atoms with Crippen molar-refractivity contribution >= 4 is 11.6 Å². The Labute approximate surface area is 121 Å². The zero-order chi connectivity index (χ0) is 14.2. The Hall–Kier alpha value is -1.55. The van der Waals surface area contributed by atoms with Gasteiger partial charge >= 0.3 is 0 Å². The summed E-state index contributed by atoms with van der Waals surface area (Å²) in [4.78, 5) is 14.2. The summed E-state index contributed by atoms with van der Waals surface area (Å²) in [7, 11) is 2.05. The van der Waals surface area contributed by atoms with E-state index in [0.717, 1.165) is 25.9 Å². The maximum atomic E-state index is 12.1. The molecule has 1 heterocycles. The summed E-state index contributed by atoms with van der Waals surface area (Å²) >= 11 is 0. The van der Waals surface area contributed by atoms with Crippen LogP contribution in [0, 0.1) is 0 Å². The third-order valence-corrected chi connectivity index (χ3v) is 3.82. The van der Waals surface area contributed by atoms with Crippen molar-refractivity contribution in [2.45, 2.75) is 31.7 Å². The number of benzene rings is 1. The highest BCUT2D eigenvalue weighted by atomic mass is 16.2. The molecule has 1 atom stereocenters. The summed E-state index contributed by atoms with van der Waals surface area (Å²) in [5.41, 5.74) is 1.18. The standard InChI is InChI=1S/C16H25N3O/c1-19(14-8-4-2-5-9-14)13-12-18-16(20)15-10-6-3-7-11-17-15/h2,4-5,8-9,15,17H,3,6-7,10-13H2,1H3,(H,18,20). The molecule has 1 aliphatic rings. The molecule has 110 valence electrons. The summed E-state index contributed by atoms with van der Waals surface area (Å²) < 4.78 is 0.